The number of hydrogen-bond donors (Lipinski definition) is 2. The van der Waals surface area contributed by atoms with Gasteiger partial charge in [0.15, 0.2) is 0 Å². The molecule has 0 bridgehead atoms. The Kier molecular flexibility index (Phi) is 6.22. The van der Waals surface area contributed by atoms with E-state index in [0.29, 0.717) is 12.8 Å². The highest BCUT2D eigenvalue weighted by molar-refractivity contribution is 7.89. The Balaban J connectivity index is 2.60. The van der Waals surface area contributed by atoms with E-state index >= 15 is 0 Å². The van der Waals surface area contributed by atoms with Gasteiger partial charge in [0.2, 0.25) is 10.0 Å². The lowest BCUT2D eigenvalue weighted by molar-refractivity contribution is 0.148. The van der Waals surface area contributed by atoms with Crippen LogP contribution in [-0.2, 0) is 10.0 Å². The van der Waals surface area contributed by atoms with Crippen LogP contribution < -0.4 is 4.72 Å². The molecular formula is C12H18Cl2N2O3S. The van der Waals surface area contributed by atoms with E-state index in [-0.39, 0.29) is 33.6 Å². The van der Waals surface area contributed by atoms with Gasteiger partial charge in [0, 0.05) is 19.3 Å². The lowest BCUT2D eigenvalue weighted by Crippen LogP contribution is -2.26. The van der Waals surface area contributed by atoms with E-state index in [1.165, 1.54) is 6.07 Å². The van der Waals surface area contributed by atoms with E-state index in [9.17, 15) is 8.42 Å². The van der Waals surface area contributed by atoms with Crippen molar-refractivity contribution in [3.63, 3.8) is 0 Å². The lowest BCUT2D eigenvalue weighted by Gasteiger charge is -2.21. The molecule has 0 saturated heterocycles. The molecule has 5 nitrogen and oxygen atoms in total. The summed E-state index contributed by atoms with van der Waals surface area (Å²) in [7, 11) is -3.64. The minimum atomic E-state index is -3.64. The number of halogens is 2. The van der Waals surface area contributed by atoms with Crippen molar-refractivity contribution in [2.45, 2.75) is 31.6 Å². The summed E-state index contributed by atoms with van der Waals surface area (Å²) in [5.74, 6) is 0. The van der Waals surface area contributed by atoms with Crippen LogP contribution in [0.15, 0.2) is 17.2 Å². The van der Waals surface area contributed by atoms with Gasteiger partial charge in [-0.3, -0.25) is 0 Å². The van der Waals surface area contributed by atoms with Gasteiger partial charge in [-0.25, -0.2) is 18.1 Å². The van der Waals surface area contributed by atoms with Crippen LogP contribution in [0.2, 0.25) is 10.2 Å². The summed E-state index contributed by atoms with van der Waals surface area (Å²) in [6, 6.07) is 1.26. The molecule has 0 unspecified atom stereocenters. The van der Waals surface area contributed by atoms with Crippen molar-refractivity contribution in [1.29, 1.82) is 0 Å². The number of rotatable bonds is 7. The third-order valence-corrected chi connectivity index (χ3v) is 4.95. The second kappa shape index (κ2) is 7.04. The van der Waals surface area contributed by atoms with Crippen molar-refractivity contribution < 1.29 is 13.5 Å². The third-order valence-electron chi connectivity index (χ3n) is 2.83. The fraction of sp³-hybridized carbons (Fsp3) is 0.583. The van der Waals surface area contributed by atoms with Gasteiger partial charge in [-0.1, -0.05) is 37.0 Å². The van der Waals surface area contributed by atoms with Gasteiger partial charge in [0.1, 0.15) is 10.0 Å². The van der Waals surface area contributed by atoms with Gasteiger partial charge in [-0.2, -0.15) is 0 Å². The normalized spacial score (nSPS) is 12.7. The Labute approximate surface area is 129 Å². The summed E-state index contributed by atoms with van der Waals surface area (Å²) in [5.41, 5.74) is -0.212. The summed E-state index contributed by atoms with van der Waals surface area (Å²) < 4.78 is 26.4. The number of nitrogens with one attached hydrogen (secondary N) is 1. The molecule has 1 heterocycles. The topological polar surface area (TPSA) is 79.3 Å². The highest BCUT2D eigenvalue weighted by Gasteiger charge is 2.18. The molecule has 114 valence electrons. The van der Waals surface area contributed by atoms with Crippen LogP contribution in [0.25, 0.3) is 0 Å². The monoisotopic (exact) mass is 340 g/mol. The summed E-state index contributed by atoms with van der Waals surface area (Å²) in [5, 5.41) is 9.27. The third kappa shape index (κ3) is 5.18. The van der Waals surface area contributed by atoms with Gasteiger partial charge in [-0.15, -0.1) is 0 Å². The molecule has 0 aromatic carbocycles. The van der Waals surface area contributed by atoms with Crippen molar-refractivity contribution >= 4 is 33.2 Å². The van der Waals surface area contributed by atoms with E-state index in [4.69, 9.17) is 28.3 Å². The van der Waals surface area contributed by atoms with Crippen molar-refractivity contribution in [2.24, 2.45) is 5.41 Å². The van der Waals surface area contributed by atoms with Crippen LogP contribution in [0.1, 0.15) is 26.7 Å². The minimum Gasteiger partial charge on any atom is -0.396 e. The molecule has 1 aromatic heterocycles. The maximum Gasteiger partial charge on any atom is 0.242 e. The Morgan fingerprint density at radius 3 is 2.60 bits per heavy atom. The van der Waals surface area contributed by atoms with E-state index < -0.39 is 10.0 Å². The van der Waals surface area contributed by atoms with Crippen LogP contribution in [0.3, 0.4) is 0 Å². The van der Waals surface area contributed by atoms with Gasteiger partial charge >= 0.3 is 0 Å². The lowest BCUT2D eigenvalue weighted by atomic mass is 9.89. The minimum absolute atomic E-state index is 0.0201. The zero-order valence-electron chi connectivity index (χ0n) is 11.4. The van der Waals surface area contributed by atoms with Gasteiger partial charge in [0.05, 0.1) is 5.02 Å². The van der Waals surface area contributed by atoms with Crippen LogP contribution in [0, 0.1) is 5.41 Å². The zero-order valence-corrected chi connectivity index (χ0v) is 13.7. The molecule has 1 aromatic rings. The van der Waals surface area contributed by atoms with Crippen LogP contribution >= 0.6 is 23.2 Å². The van der Waals surface area contributed by atoms with Crippen LogP contribution in [-0.4, -0.2) is 31.7 Å². The molecule has 8 heteroatoms. The number of aromatic nitrogens is 1. The molecule has 0 aliphatic heterocycles. The molecule has 0 spiro atoms. The molecule has 0 saturated carbocycles. The fourth-order valence-electron chi connectivity index (χ4n) is 1.49. The van der Waals surface area contributed by atoms with Crippen molar-refractivity contribution in [3.8, 4) is 0 Å². The second-order valence-corrected chi connectivity index (χ2v) is 7.80. The smallest absolute Gasteiger partial charge is 0.242 e. The first-order valence-corrected chi connectivity index (χ1v) is 8.33. The predicted octanol–water partition coefficient (Wildman–Crippen LogP) is 2.47. The number of sulfonamides is 1. The molecule has 0 fully saturated rings. The average Bonchev–Trinajstić information content (AvgIpc) is 2.38. The quantitative estimate of drug-likeness (QED) is 0.590. The number of hydrogen-bond acceptors (Lipinski definition) is 4. The first-order chi connectivity index (χ1) is 9.18. The Morgan fingerprint density at radius 2 is 2.05 bits per heavy atom. The predicted molar refractivity (Wildman–Crippen MR) is 79.5 cm³/mol. The summed E-state index contributed by atoms with van der Waals surface area (Å²) in [6.45, 7) is 4.19. The molecule has 20 heavy (non-hydrogen) atoms. The molecule has 0 amide bonds. The number of aliphatic hydroxyl groups excluding tert-OH is 1. The Bertz CT molecular complexity index is 562. The Hall–Kier alpha value is -0.400. The van der Waals surface area contributed by atoms with E-state index in [0.717, 1.165) is 6.20 Å². The highest BCUT2D eigenvalue weighted by atomic mass is 35.5. The number of nitrogens with zero attached hydrogens (tertiary/aromatic N) is 1. The SMILES string of the molecule is CC(C)(CO)CCCNS(=O)(=O)c1cnc(Cl)c(Cl)c1. The first kappa shape index (κ1) is 17.7. The Morgan fingerprint density at radius 1 is 1.40 bits per heavy atom. The van der Waals surface area contributed by atoms with Crippen molar-refractivity contribution in [2.75, 3.05) is 13.2 Å². The summed E-state index contributed by atoms with van der Waals surface area (Å²) in [4.78, 5) is 3.69. The van der Waals surface area contributed by atoms with E-state index in [1.807, 2.05) is 13.8 Å². The molecule has 2 N–H and O–H groups in total. The molecule has 0 radical (unpaired) electrons. The molecule has 1 rings (SSSR count). The summed E-state index contributed by atoms with van der Waals surface area (Å²) in [6.07, 6.45) is 2.50. The van der Waals surface area contributed by atoms with Crippen molar-refractivity contribution in [1.82, 2.24) is 9.71 Å². The highest BCUT2D eigenvalue weighted by Crippen LogP contribution is 2.23. The first-order valence-electron chi connectivity index (χ1n) is 6.09. The average molecular weight is 341 g/mol. The molecular weight excluding hydrogens is 323 g/mol. The van der Waals surface area contributed by atoms with E-state index in [1.54, 1.807) is 0 Å². The maximum atomic E-state index is 12.0. The second-order valence-electron chi connectivity index (χ2n) is 5.27. The van der Waals surface area contributed by atoms with Gasteiger partial charge < -0.3 is 5.11 Å². The summed E-state index contributed by atoms with van der Waals surface area (Å²) >= 11 is 11.4. The van der Waals surface area contributed by atoms with E-state index in [2.05, 4.69) is 9.71 Å². The van der Waals surface area contributed by atoms with Gasteiger partial charge in [-0.05, 0) is 24.3 Å². The van der Waals surface area contributed by atoms with Crippen LogP contribution in [0.5, 0.6) is 0 Å². The largest absolute Gasteiger partial charge is 0.396 e. The number of pyridine rings is 1. The number of aliphatic hydroxyl groups is 1. The van der Waals surface area contributed by atoms with Crippen molar-refractivity contribution in [3.05, 3.63) is 22.4 Å². The zero-order chi connectivity index (χ0) is 15.4. The standard InChI is InChI=1S/C12H18Cl2N2O3S/c1-12(2,8-17)4-3-5-16-20(18,19)9-6-10(13)11(14)15-7-9/h6-7,16-17H,3-5,8H2,1-2H3. The molecule has 0 aliphatic carbocycles. The van der Waals surface area contributed by atoms with Gasteiger partial charge in [0.25, 0.3) is 0 Å². The molecule has 0 aliphatic rings. The molecule has 0 atom stereocenters. The maximum absolute atomic E-state index is 12.0. The fourth-order valence-corrected chi connectivity index (χ4v) is 2.87. The van der Waals surface area contributed by atoms with Crippen LogP contribution in [0.4, 0.5) is 0 Å².